The molecule has 10 nitrogen and oxygen atoms in total. The van der Waals surface area contributed by atoms with Crippen molar-refractivity contribution in [1.82, 2.24) is 4.57 Å². The summed E-state index contributed by atoms with van der Waals surface area (Å²) in [5.41, 5.74) is -0.842. The Morgan fingerprint density at radius 1 is 1.30 bits per heavy atom. The second-order valence-corrected chi connectivity index (χ2v) is 5.59. The van der Waals surface area contributed by atoms with Crippen molar-refractivity contribution < 1.29 is 23.6 Å². The van der Waals surface area contributed by atoms with Crippen LogP contribution in [0.1, 0.15) is 0 Å². The summed E-state index contributed by atoms with van der Waals surface area (Å²) in [5.74, 6) is -1.51. The highest BCUT2D eigenvalue weighted by atomic mass is 19.1. The molecule has 0 spiro atoms. The number of hydrogen-bond acceptors (Lipinski definition) is 6. The molecule has 1 fully saturated rings. The number of nitro groups is 1. The summed E-state index contributed by atoms with van der Waals surface area (Å²) in [6.45, 7) is -0.0511. The Kier molecular flexibility index (Phi) is 4.83. The number of halogens is 1. The fourth-order valence-electron chi connectivity index (χ4n) is 2.50. The van der Waals surface area contributed by atoms with Gasteiger partial charge in [-0.1, -0.05) is 0 Å². The lowest BCUT2D eigenvalue weighted by atomic mass is 10.2. The van der Waals surface area contributed by atoms with E-state index in [1.165, 1.54) is 17.0 Å². The van der Waals surface area contributed by atoms with E-state index < -0.39 is 34.8 Å². The molecule has 1 saturated heterocycles. The molecule has 1 aliphatic rings. The van der Waals surface area contributed by atoms with Gasteiger partial charge in [-0.15, -0.1) is 0 Å². The molecule has 0 radical (unpaired) electrons. The van der Waals surface area contributed by atoms with E-state index in [-0.39, 0.29) is 18.0 Å². The molecule has 0 saturated carbocycles. The first kappa shape index (κ1) is 18.0. The van der Waals surface area contributed by atoms with Gasteiger partial charge in [0.25, 0.3) is 11.2 Å². The Balaban J connectivity index is 1.78. The van der Waals surface area contributed by atoms with Gasteiger partial charge in [0, 0.05) is 17.8 Å². The van der Waals surface area contributed by atoms with Gasteiger partial charge in [-0.2, -0.15) is 0 Å². The molecule has 3 rings (SSSR count). The molecule has 0 aliphatic carbocycles. The minimum absolute atomic E-state index is 0.198. The smallest absolute Gasteiger partial charge is 0.414 e. The van der Waals surface area contributed by atoms with Gasteiger partial charge in [0.15, 0.2) is 0 Å². The second-order valence-electron chi connectivity index (χ2n) is 5.59. The van der Waals surface area contributed by atoms with Gasteiger partial charge in [0.1, 0.15) is 19.0 Å². The van der Waals surface area contributed by atoms with E-state index in [9.17, 15) is 28.9 Å². The van der Waals surface area contributed by atoms with Crippen LogP contribution in [0, 0.1) is 15.9 Å². The average molecular weight is 376 g/mol. The Hall–Kier alpha value is -3.76. The van der Waals surface area contributed by atoms with E-state index in [0.29, 0.717) is 12.2 Å². The third kappa shape index (κ3) is 3.92. The number of rotatable bonds is 5. The molecule has 0 unspecified atom stereocenters. The molecule has 2 amide bonds. The molecule has 2 aromatic rings. The van der Waals surface area contributed by atoms with Crippen molar-refractivity contribution in [2.45, 2.75) is 6.54 Å². The summed E-state index contributed by atoms with van der Waals surface area (Å²) >= 11 is 0. The number of hydrogen-bond donors (Lipinski definition) is 1. The van der Waals surface area contributed by atoms with Crippen molar-refractivity contribution in [3.8, 4) is 0 Å². The predicted octanol–water partition coefficient (Wildman–Crippen LogP) is 1.49. The van der Waals surface area contributed by atoms with Crippen LogP contribution >= 0.6 is 0 Å². The number of pyridine rings is 1. The highest BCUT2D eigenvalue weighted by molar-refractivity contribution is 5.93. The zero-order chi connectivity index (χ0) is 19.6. The van der Waals surface area contributed by atoms with Gasteiger partial charge in [-0.3, -0.25) is 29.2 Å². The van der Waals surface area contributed by atoms with Crippen molar-refractivity contribution in [3.05, 3.63) is 62.8 Å². The average Bonchev–Trinajstić information content (AvgIpc) is 3.04. The predicted molar refractivity (Wildman–Crippen MR) is 91.1 cm³/mol. The van der Waals surface area contributed by atoms with E-state index in [1.807, 2.05) is 0 Å². The fraction of sp³-hybridized carbons (Fsp3) is 0.188. The summed E-state index contributed by atoms with van der Waals surface area (Å²) < 4.78 is 19.6. The first-order chi connectivity index (χ1) is 12.8. The minimum atomic E-state index is -0.766. The zero-order valence-corrected chi connectivity index (χ0v) is 13.8. The van der Waals surface area contributed by atoms with Gasteiger partial charge in [-0.25, -0.2) is 9.18 Å². The number of nitrogens with one attached hydrogen (secondary N) is 1. The summed E-state index contributed by atoms with van der Waals surface area (Å²) in [7, 11) is 0. The minimum Gasteiger partial charge on any atom is -0.447 e. The number of anilines is 2. The van der Waals surface area contributed by atoms with Gasteiger partial charge >= 0.3 is 6.09 Å². The quantitative estimate of drug-likeness (QED) is 0.623. The SMILES string of the molecule is O=C(Cn1cc([N+](=O)[O-])ccc1=O)Nc1cc(N2CCOC2=O)ccc1F. The van der Waals surface area contributed by atoms with Crippen LogP contribution in [0.4, 0.5) is 26.2 Å². The van der Waals surface area contributed by atoms with Crippen molar-refractivity contribution in [3.63, 3.8) is 0 Å². The number of carbonyl (C=O) groups excluding carboxylic acids is 2. The summed E-state index contributed by atoms with van der Waals surface area (Å²) in [5, 5.41) is 13.1. The molecule has 1 aromatic heterocycles. The van der Waals surface area contributed by atoms with Crippen LogP contribution in [0.3, 0.4) is 0 Å². The molecule has 0 atom stereocenters. The number of ether oxygens (including phenoxy) is 1. The van der Waals surface area contributed by atoms with Gasteiger partial charge < -0.3 is 10.1 Å². The topological polar surface area (TPSA) is 124 Å². The first-order valence-corrected chi connectivity index (χ1v) is 7.74. The molecule has 140 valence electrons. The van der Waals surface area contributed by atoms with Gasteiger partial charge in [-0.05, 0) is 18.2 Å². The van der Waals surface area contributed by atoms with Crippen molar-refractivity contribution in [2.75, 3.05) is 23.4 Å². The molecule has 1 N–H and O–H groups in total. The Labute approximate surface area is 150 Å². The van der Waals surface area contributed by atoms with Crippen LogP contribution in [0.25, 0.3) is 0 Å². The molecular weight excluding hydrogens is 363 g/mol. The van der Waals surface area contributed by atoms with Crippen LogP contribution in [-0.2, 0) is 16.1 Å². The van der Waals surface area contributed by atoms with E-state index in [4.69, 9.17) is 4.74 Å². The monoisotopic (exact) mass is 376 g/mol. The summed E-state index contributed by atoms with van der Waals surface area (Å²) in [6.07, 6.45) is 0.344. The number of amides is 2. The van der Waals surface area contributed by atoms with E-state index in [2.05, 4.69) is 5.32 Å². The van der Waals surface area contributed by atoms with Crippen LogP contribution in [-0.4, -0.2) is 34.6 Å². The van der Waals surface area contributed by atoms with E-state index >= 15 is 0 Å². The largest absolute Gasteiger partial charge is 0.447 e. The van der Waals surface area contributed by atoms with Crippen LogP contribution in [0.5, 0.6) is 0 Å². The standard InChI is InChI=1S/C16H13FN4O6/c17-12-3-1-10(20-5-6-27-16(20)24)7-13(12)18-14(22)9-19-8-11(21(25)26)2-4-15(19)23/h1-4,7-8H,5-6,9H2,(H,18,22). The maximum Gasteiger partial charge on any atom is 0.414 e. The lowest BCUT2D eigenvalue weighted by Gasteiger charge is -2.15. The van der Waals surface area contributed by atoms with Crippen molar-refractivity contribution in [2.24, 2.45) is 0 Å². The molecule has 2 heterocycles. The number of benzene rings is 1. The first-order valence-electron chi connectivity index (χ1n) is 7.74. The normalized spacial score (nSPS) is 13.4. The maximum atomic E-state index is 14.0. The lowest BCUT2D eigenvalue weighted by molar-refractivity contribution is -0.385. The highest BCUT2D eigenvalue weighted by Gasteiger charge is 2.24. The van der Waals surface area contributed by atoms with Crippen LogP contribution in [0.15, 0.2) is 41.3 Å². The second kappa shape index (κ2) is 7.23. The highest BCUT2D eigenvalue weighted by Crippen LogP contribution is 2.25. The molecule has 11 heteroatoms. The fourth-order valence-corrected chi connectivity index (χ4v) is 2.50. The molecule has 1 aliphatic heterocycles. The summed E-state index contributed by atoms with van der Waals surface area (Å²) in [6, 6.07) is 5.69. The van der Waals surface area contributed by atoms with Gasteiger partial charge in [0.05, 0.1) is 23.4 Å². The van der Waals surface area contributed by atoms with Crippen LogP contribution < -0.4 is 15.8 Å². The lowest BCUT2D eigenvalue weighted by Crippen LogP contribution is -2.27. The summed E-state index contributed by atoms with van der Waals surface area (Å²) in [4.78, 5) is 46.8. The molecular formula is C16H13FN4O6. The van der Waals surface area contributed by atoms with E-state index in [0.717, 1.165) is 29.0 Å². The zero-order valence-electron chi connectivity index (χ0n) is 13.8. The van der Waals surface area contributed by atoms with Gasteiger partial charge in [0.2, 0.25) is 5.91 Å². The number of nitrogens with zero attached hydrogens (tertiary/aromatic N) is 3. The molecule has 1 aromatic carbocycles. The number of aromatic nitrogens is 1. The Morgan fingerprint density at radius 2 is 2.07 bits per heavy atom. The molecule has 0 bridgehead atoms. The third-order valence-electron chi connectivity index (χ3n) is 3.79. The Bertz CT molecular complexity index is 989. The van der Waals surface area contributed by atoms with Crippen molar-refractivity contribution >= 4 is 29.1 Å². The number of cyclic esters (lactones) is 1. The third-order valence-corrected chi connectivity index (χ3v) is 3.79. The maximum absolute atomic E-state index is 14.0. The Morgan fingerprint density at radius 3 is 2.74 bits per heavy atom. The van der Waals surface area contributed by atoms with Crippen LogP contribution in [0.2, 0.25) is 0 Å². The van der Waals surface area contributed by atoms with Crippen molar-refractivity contribution in [1.29, 1.82) is 0 Å². The number of carbonyl (C=O) groups is 2. The molecule has 27 heavy (non-hydrogen) atoms. The van der Waals surface area contributed by atoms with E-state index in [1.54, 1.807) is 0 Å².